The Balaban J connectivity index is 2.21. The summed E-state index contributed by atoms with van der Waals surface area (Å²) in [6.45, 7) is 1.96. The van der Waals surface area contributed by atoms with E-state index in [0.29, 0.717) is 23.3 Å². The highest BCUT2D eigenvalue weighted by Crippen LogP contribution is 2.29. The zero-order valence-electron chi connectivity index (χ0n) is 12.4. The van der Waals surface area contributed by atoms with E-state index in [-0.39, 0.29) is 5.75 Å². The van der Waals surface area contributed by atoms with Crippen LogP contribution in [0.5, 0.6) is 11.5 Å². The van der Waals surface area contributed by atoms with E-state index in [1.54, 1.807) is 19.2 Å². The third kappa shape index (κ3) is 3.52. The smallest absolute Gasteiger partial charge is 0.165 e. The van der Waals surface area contributed by atoms with Crippen molar-refractivity contribution in [1.82, 2.24) is 0 Å². The van der Waals surface area contributed by atoms with Crippen LogP contribution < -0.4 is 9.47 Å². The van der Waals surface area contributed by atoms with Crippen LogP contribution in [0.3, 0.4) is 0 Å². The number of aliphatic hydroxyl groups excluding tert-OH is 1. The van der Waals surface area contributed by atoms with Crippen LogP contribution >= 0.6 is 0 Å². The van der Waals surface area contributed by atoms with Crippen LogP contribution in [0, 0.1) is 12.7 Å². The highest BCUT2D eigenvalue weighted by atomic mass is 19.1. The van der Waals surface area contributed by atoms with Gasteiger partial charge in [-0.25, -0.2) is 4.39 Å². The summed E-state index contributed by atoms with van der Waals surface area (Å²) in [5, 5.41) is 10.4. The van der Waals surface area contributed by atoms with Crippen molar-refractivity contribution < 1.29 is 19.0 Å². The molecule has 0 fully saturated rings. The summed E-state index contributed by atoms with van der Waals surface area (Å²) < 4.78 is 23.8. The zero-order chi connectivity index (χ0) is 15.4. The van der Waals surface area contributed by atoms with Crippen molar-refractivity contribution in [3.05, 3.63) is 58.9 Å². The van der Waals surface area contributed by atoms with Crippen molar-refractivity contribution in [2.24, 2.45) is 0 Å². The second kappa shape index (κ2) is 6.59. The van der Waals surface area contributed by atoms with E-state index in [1.165, 1.54) is 13.2 Å². The predicted octanol–water partition coefficient (Wildman–Crippen LogP) is 3.43. The Morgan fingerprint density at radius 3 is 2.38 bits per heavy atom. The van der Waals surface area contributed by atoms with E-state index in [4.69, 9.17) is 9.47 Å². The van der Waals surface area contributed by atoms with Gasteiger partial charge in [0.1, 0.15) is 5.75 Å². The summed E-state index contributed by atoms with van der Waals surface area (Å²) in [6, 6.07) is 10.3. The number of hydrogen-bond donors (Lipinski definition) is 1. The molecule has 1 unspecified atom stereocenters. The molecule has 0 spiro atoms. The third-order valence-electron chi connectivity index (χ3n) is 3.39. The minimum atomic E-state index is -0.756. The maximum atomic E-state index is 13.7. The van der Waals surface area contributed by atoms with E-state index < -0.39 is 11.9 Å². The number of aryl methyl sites for hydroxylation is 1. The van der Waals surface area contributed by atoms with Gasteiger partial charge in [-0.05, 0) is 36.2 Å². The lowest BCUT2D eigenvalue weighted by molar-refractivity contribution is 0.174. The predicted molar refractivity (Wildman–Crippen MR) is 79.3 cm³/mol. The summed E-state index contributed by atoms with van der Waals surface area (Å²) in [7, 11) is 2.99. The van der Waals surface area contributed by atoms with Gasteiger partial charge >= 0.3 is 0 Å². The SMILES string of the molecule is COc1ccc(CC(O)c2ccc(C)cc2OC)cc1F. The summed E-state index contributed by atoms with van der Waals surface area (Å²) in [5.41, 5.74) is 2.45. The number of aliphatic hydroxyl groups is 1. The molecule has 0 aromatic heterocycles. The van der Waals surface area contributed by atoms with Crippen LogP contribution in [-0.4, -0.2) is 19.3 Å². The van der Waals surface area contributed by atoms with Crippen molar-refractivity contribution in [3.63, 3.8) is 0 Å². The van der Waals surface area contributed by atoms with Crippen LogP contribution in [0.1, 0.15) is 22.8 Å². The first-order valence-electron chi connectivity index (χ1n) is 6.70. The molecular formula is C17H19FO3. The average molecular weight is 290 g/mol. The molecule has 2 rings (SSSR count). The Labute approximate surface area is 124 Å². The van der Waals surface area contributed by atoms with Gasteiger partial charge in [-0.1, -0.05) is 18.2 Å². The lowest BCUT2D eigenvalue weighted by Crippen LogP contribution is -2.05. The van der Waals surface area contributed by atoms with Gasteiger partial charge in [0, 0.05) is 12.0 Å². The minimum absolute atomic E-state index is 0.196. The summed E-state index contributed by atoms with van der Waals surface area (Å²) in [4.78, 5) is 0. The molecule has 2 aromatic rings. The number of methoxy groups -OCH3 is 2. The topological polar surface area (TPSA) is 38.7 Å². The minimum Gasteiger partial charge on any atom is -0.496 e. The molecule has 2 aromatic carbocycles. The molecule has 0 aliphatic carbocycles. The van der Waals surface area contributed by atoms with Crippen LogP contribution in [0.25, 0.3) is 0 Å². The largest absolute Gasteiger partial charge is 0.496 e. The van der Waals surface area contributed by atoms with Crippen molar-refractivity contribution >= 4 is 0 Å². The standard InChI is InChI=1S/C17H19FO3/c1-11-4-6-13(17(8-11)21-3)15(19)10-12-5-7-16(20-2)14(18)9-12/h4-9,15,19H,10H2,1-3H3. The molecule has 0 bridgehead atoms. The second-order valence-corrected chi connectivity index (χ2v) is 4.93. The highest BCUT2D eigenvalue weighted by Gasteiger charge is 2.15. The van der Waals surface area contributed by atoms with Gasteiger partial charge in [-0.2, -0.15) is 0 Å². The molecule has 0 aliphatic rings. The van der Waals surface area contributed by atoms with Gasteiger partial charge in [0.25, 0.3) is 0 Å². The van der Waals surface area contributed by atoms with Crippen molar-refractivity contribution in [1.29, 1.82) is 0 Å². The molecule has 4 heteroatoms. The van der Waals surface area contributed by atoms with Crippen LogP contribution in [0.15, 0.2) is 36.4 Å². The average Bonchev–Trinajstić information content (AvgIpc) is 2.47. The number of halogens is 1. The Kier molecular flexibility index (Phi) is 4.81. The summed E-state index contributed by atoms with van der Waals surface area (Å²) >= 11 is 0. The Bertz CT molecular complexity index is 625. The molecule has 0 saturated heterocycles. The first-order valence-corrected chi connectivity index (χ1v) is 6.70. The zero-order valence-corrected chi connectivity index (χ0v) is 12.4. The molecule has 1 atom stereocenters. The van der Waals surface area contributed by atoms with E-state index >= 15 is 0 Å². The van der Waals surface area contributed by atoms with E-state index in [0.717, 1.165) is 5.56 Å². The Hall–Kier alpha value is -2.07. The molecule has 0 heterocycles. The molecule has 112 valence electrons. The molecule has 0 radical (unpaired) electrons. The van der Waals surface area contributed by atoms with E-state index in [2.05, 4.69) is 0 Å². The fraction of sp³-hybridized carbons (Fsp3) is 0.294. The van der Waals surface area contributed by atoms with E-state index in [1.807, 2.05) is 25.1 Å². The highest BCUT2D eigenvalue weighted by molar-refractivity contribution is 5.39. The fourth-order valence-electron chi connectivity index (χ4n) is 2.26. The summed E-state index contributed by atoms with van der Waals surface area (Å²) in [5.74, 6) is 0.399. The van der Waals surface area contributed by atoms with Gasteiger partial charge in [0.2, 0.25) is 0 Å². The lowest BCUT2D eigenvalue weighted by Gasteiger charge is -2.16. The normalized spacial score (nSPS) is 12.0. The number of rotatable bonds is 5. The first-order chi connectivity index (χ1) is 10.0. The number of benzene rings is 2. The second-order valence-electron chi connectivity index (χ2n) is 4.93. The van der Waals surface area contributed by atoms with Crippen molar-refractivity contribution in [3.8, 4) is 11.5 Å². The van der Waals surface area contributed by atoms with Gasteiger partial charge in [0.05, 0.1) is 20.3 Å². The Morgan fingerprint density at radius 2 is 1.76 bits per heavy atom. The maximum absolute atomic E-state index is 13.7. The van der Waals surface area contributed by atoms with Gasteiger partial charge in [0.15, 0.2) is 11.6 Å². The van der Waals surface area contributed by atoms with Gasteiger partial charge < -0.3 is 14.6 Å². The molecule has 0 aliphatic heterocycles. The van der Waals surface area contributed by atoms with Crippen molar-refractivity contribution in [2.75, 3.05) is 14.2 Å². The monoisotopic (exact) mass is 290 g/mol. The van der Waals surface area contributed by atoms with Crippen LogP contribution in [-0.2, 0) is 6.42 Å². The molecule has 0 saturated carbocycles. The molecule has 0 amide bonds. The maximum Gasteiger partial charge on any atom is 0.165 e. The molecule has 21 heavy (non-hydrogen) atoms. The van der Waals surface area contributed by atoms with Crippen molar-refractivity contribution in [2.45, 2.75) is 19.4 Å². The molecule has 1 N–H and O–H groups in total. The third-order valence-corrected chi connectivity index (χ3v) is 3.39. The lowest BCUT2D eigenvalue weighted by atomic mass is 9.99. The van der Waals surface area contributed by atoms with Gasteiger partial charge in [-0.3, -0.25) is 0 Å². The number of ether oxygens (including phenoxy) is 2. The van der Waals surface area contributed by atoms with Crippen LogP contribution in [0.2, 0.25) is 0 Å². The van der Waals surface area contributed by atoms with Crippen LogP contribution in [0.4, 0.5) is 4.39 Å². The number of hydrogen-bond acceptors (Lipinski definition) is 3. The summed E-state index contributed by atoms with van der Waals surface area (Å²) in [6.07, 6.45) is -0.450. The fourth-order valence-corrected chi connectivity index (χ4v) is 2.26. The molecular weight excluding hydrogens is 271 g/mol. The quantitative estimate of drug-likeness (QED) is 0.917. The van der Waals surface area contributed by atoms with Gasteiger partial charge in [-0.15, -0.1) is 0 Å². The first kappa shape index (κ1) is 15.3. The molecule has 3 nitrogen and oxygen atoms in total. The van der Waals surface area contributed by atoms with E-state index in [9.17, 15) is 9.50 Å². The Morgan fingerprint density at radius 1 is 1.05 bits per heavy atom.